The summed E-state index contributed by atoms with van der Waals surface area (Å²) in [5, 5.41) is 0. The van der Waals surface area contributed by atoms with E-state index in [1.165, 1.54) is 16.7 Å². The fourth-order valence-corrected chi connectivity index (χ4v) is 2.36. The molecule has 4 N–H and O–H groups in total. The Morgan fingerprint density at radius 1 is 1.11 bits per heavy atom. The first-order chi connectivity index (χ1) is 8.53. The van der Waals surface area contributed by atoms with Crippen LogP contribution in [-0.4, -0.2) is 20.2 Å². The van der Waals surface area contributed by atoms with Crippen LogP contribution in [0.15, 0.2) is 12.1 Å². The normalized spacial score (nSPS) is 12.8. The van der Waals surface area contributed by atoms with Gasteiger partial charge < -0.3 is 16.2 Å². The Morgan fingerprint density at radius 2 is 1.72 bits per heavy atom. The number of methoxy groups -OCH3 is 1. The van der Waals surface area contributed by atoms with E-state index in [2.05, 4.69) is 32.9 Å². The van der Waals surface area contributed by atoms with Crippen LogP contribution in [0.4, 0.5) is 0 Å². The molecule has 0 aromatic heterocycles. The molecule has 0 heterocycles. The van der Waals surface area contributed by atoms with Gasteiger partial charge in [-0.25, -0.2) is 0 Å². The highest BCUT2D eigenvalue weighted by Gasteiger charge is 2.16. The van der Waals surface area contributed by atoms with Gasteiger partial charge >= 0.3 is 0 Å². The third kappa shape index (κ3) is 3.47. The van der Waals surface area contributed by atoms with Crippen LogP contribution < -0.4 is 16.2 Å². The third-order valence-corrected chi connectivity index (χ3v) is 3.81. The summed E-state index contributed by atoms with van der Waals surface area (Å²) in [6.45, 7) is 7.75. The quantitative estimate of drug-likeness (QED) is 0.812. The molecule has 1 aromatic carbocycles. The molecule has 0 saturated heterocycles. The highest BCUT2D eigenvalue weighted by Crippen LogP contribution is 2.25. The van der Waals surface area contributed by atoms with Gasteiger partial charge in [0.2, 0.25) is 0 Å². The molecule has 0 fully saturated rings. The lowest BCUT2D eigenvalue weighted by molar-refractivity contribution is 0.371. The van der Waals surface area contributed by atoms with Gasteiger partial charge in [0.25, 0.3) is 0 Å². The Morgan fingerprint density at radius 3 is 2.22 bits per heavy atom. The number of rotatable bonds is 6. The number of benzene rings is 1. The first kappa shape index (κ1) is 15.0. The van der Waals surface area contributed by atoms with E-state index in [0.717, 1.165) is 12.2 Å². The molecule has 3 nitrogen and oxygen atoms in total. The van der Waals surface area contributed by atoms with Gasteiger partial charge in [0, 0.05) is 0 Å². The van der Waals surface area contributed by atoms with Crippen molar-refractivity contribution in [2.75, 3.05) is 20.2 Å². The fraction of sp³-hybridized carbons (Fsp3) is 0.600. The number of hydrogen-bond acceptors (Lipinski definition) is 3. The largest absolute Gasteiger partial charge is 0.496 e. The topological polar surface area (TPSA) is 61.3 Å². The van der Waals surface area contributed by atoms with Gasteiger partial charge in [0.05, 0.1) is 7.11 Å². The Bertz CT molecular complexity index is 386. The second kappa shape index (κ2) is 6.76. The molecule has 18 heavy (non-hydrogen) atoms. The van der Waals surface area contributed by atoms with Crippen LogP contribution in [0.25, 0.3) is 0 Å². The van der Waals surface area contributed by atoms with Crippen molar-refractivity contribution < 1.29 is 4.74 Å². The number of nitrogens with two attached hydrogens (primary N) is 2. The molecule has 0 aliphatic rings. The van der Waals surface area contributed by atoms with Gasteiger partial charge in [-0.3, -0.25) is 0 Å². The maximum atomic E-state index is 5.75. The molecule has 1 rings (SSSR count). The molecule has 0 saturated carbocycles. The van der Waals surface area contributed by atoms with E-state index in [1.807, 2.05) is 0 Å². The highest BCUT2D eigenvalue weighted by atomic mass is 16.5. The average molecular weight is 250 g/mol. The lowest BCUT2D eigenvalue weighted by Crippen LogP contribution is -2.30. The Kier molecular flexibility index (Phi) is 5.63. The molecule has 1 aromatic rings. The van der Waals surface area contributed by atoms with Crippen LogP contribution in [0.3, 0.4) is 0 Å². The Hall–Kier alpha value is -1.06. The van der Waals surface area contributed by atoms with E-state index < -0.39 is 0 Å². The second-order valence-electron chi connectivity index (χ2n) is 5.16. The maximum absolute atomic E-state index is 5.75. The van der Waals surface area contributed by atoms with Crippen LogP contribution in [0, 0.1) is 25.7 Å². The SMILES string of the molecule is COc1cc(C)c(CC(C)C(CN)CN)cc1C. The van der Waals surface area contributed by atoms with Crippen molar-refractivity contribution in [3.8, 4) is 5.75 Å². The zero-order valence-electron chi connectivity index (χ0n) is 12.0. The summed E-state index contributed by atoms with van der Waals surface area (Å²) in [4.78, 5) is 0. The molecule has 0 aliphatic carbocycles. The van der Waals surface area contributed by atoms with Gasteiger partial charge in [-0.05, 0) is 68.0 Å². The van der Waals surface area contributed by atoms with Crippen molar-refractivity contribution in [2.24, 2.45) is 23.3 Å². The van der Waals surface area contributed by atoms with Crippen LogP contribution >= 0.6 is 0 Å². The van der Waals surface area contributed by atoms with Crippen LogP contribution in [0.1, 0.15) is 23.6 Å². The molecule has 0 amide bonds. The van der Waals surface area contributed by atoms with Crippen molar-refractivity contribution in [3.05, 3.63) is 28.8 Å². The zero-order chi connectivity index (χ0) is 13.7. The molecule has 0 aliphatic heterocycles. The van der Waals surface area contributed by atoms with E-state index in [9.17, 15) is 0 Å². The fourth-order valence-electron chi connectivity index (χ4n) is 2.36. The molecule has 0 bridgehead atoms. The summed E-state index contributed by atoms with van der Waals surface area (Å²) in [7, 11) is 1.71. The first-order valence-corrected chi connectivity index (χ1v) is 6.57. The maximum Gasteiger partial charge on any atom is 0.122 e. The molecule has 102 valence electrons. The van der Waals surface area contributed by atoms with Gasteiger partial charge in [0.15, 0.2) is 0 Å². The highest BCUT2D eigenvalue weighted by molar-refractivity contribution is 5.41. The zero-order valence-corrected chi connectivity index (χ0v) is 12.0. The molecular formula is C15H26N2O. The van der Waals surface area contributed by atoms with Crippen molar-refractivity contribution in [2.45, 2.75) is 27.2 Å². The molecular weight excluding hydrogens is 224 g/mol. The molecule has 0 spiro atoms. The van der Waals surface area contributed by atoms with Crippen molar-refractivity contribution in [3.63, 3.8) is 0 Å². The van der Waals surface area contributed by atoms with E-state index in [4.69, 9.17) is 16.2 Å². The summed E-state index contributed by atoms with van der Waals surface area (Å²) in [6, 6.07) is 4.33. The Balaban J connectivity index is 2.88. The van der Waals surface area contributed by atoms with E-state index in [0.29, 0.717) is 24.9 Å². The first-order valence-electron chi connectivity index (χ1n) is 6.57. The minimum absolute atomic E-state index is 0.395. The van der Waals surface area contributed by atoms with E-state index >= 15 is 0 Å². The molecule has 3 heteroatoms. The standard InChI is InChI=1S/C15H26N2O/c1-10(14(8-16)9-17)5-13-6-12(3)15(18-4)7-11(13)2/h6-7,10,14H,5,8-9,16-17H2,1-4H3. The summed E-state index contributed by atoms with van der Waals surface area (Å²) in [6.07, 6.45) is 1.02. The lowest BCUT2D eigenvalue weighted by atomic mass is 9.86. The smallest absolute Gasteiger partial charge is 0.122 e. The van der Waals surface area contributed by atoms with Gasteiger partial charge in [-0.15, -0.1) is 0 Å². The molecule has 1 unspecified atom stereocenters. The number of aryl methyl sites for hydroxylation is 2. The summed E-state index contributed by atoms with van der Waals surface area (Å²) >= 11 is 0. The van der Waals surface area contributed by atoms with E-state index in [-0.39, 0.29) is 0 Å². The van der Waals surface area contributed by atoms with E-state index in [1.54, 1.807) is 7.11 Å². The summed E-state index contributed by atoms with van der Waals surface area (Å²) in [5.41, 5.74) is 15.3. The van der Waals surface area contributed by atoms with Crippen LogP contribution in [-0.2, 0) is 6.42 Å². The monoisotopic (exact) mass is 250 g/mol. The van der Waals surface area contributed by atoms with Gasteiger partial charge in [0.1, 0.15) is 5.75 Å². The third-order valence-electron chi connectivity index (χ3n) is 3.81. The summed E-state index contributed by atoms with van der Waals surface area (Å²) < 4.78 is 5.34. The van der Waals surface area contributed by atoms with Gasteiger partial charge in [-0.1, -0.05) is 13.0 Å². The van der Waals surface area contributed by atoms with Crippen molar-refractivity contribution in [1.29, 1.82) is 0 Å². The minimum Gasteiger partial charge on any atom is -0.496 e. The minimum atomic E-state index is 0.395. The average Bonchev–Trinajstić information content (AvgIpc) is 2.34. The number of hydrogen-bond donors (Lipinski definition) is 2. The van der Waals surface area contributed by atoms with Crippen LogP contribution in [0.5, 0.6) is 5.75 Å². The van der Waals surface area contributed by atoms with Crippen LogP contribution in [0.2, 0.25) is 0 Å². The summed E-state index contributed by atoms with van der Waals surface area (Å²) in [5.74, 6) is 1.86. The van der Waals surface area contributed by atoms with Gasteiger partial charge in [-0.2, -0.15) is 0 Å². The molecule has 0 radical (unpaired) electrons. The molecule has 1 atom stereocenters. The Labute approximate surface area is 111 Å². The predicted octanol–water partition coefficient (Wildman–Crippen LogP) is 2.02. The lowest BCUT2D eigenvalue weighted by Gasteiger charge is -2.22. The van der Waals surface area contributed by atoms with Crippen molar-refractivity contribution >= 4 is 0 Å². The predicted molar refractivity (Wildman–Crippen MR) is 76.9 cm³/mol. The second-order valence-corrected chi connectivity index (χ2v) is 5.16. The van der Waals surface area contributed by atoms with Crippen molar-refractivity contribution in [1.82, 2.24) is 0 Å². The number of ether oxygens (including phenoxy) is 1.